The Balaban J connectivity index is 1.61. The second kappa shape index (κ2) is 10.1. The van der Waals surface area contributed by atoms with Gasteiger partial charge in [-0.2, -0.15) is 0 Å². The van der Waals surface area contributed by atoms with Gasteiger partial charge < -0.3 is 23.7 Å². The van der Waals surface area contributed by atoms with Gasteiger partial charge in [0.1, 0.15) is 11.5 Å². The Kier molecular flexibility index (Phi) is 6.82. The summed E-state index contributed by atoms with van der Waals surface area (Å²) < 4.78 is 27.8. The Morgan fingerprint density at radius 3 is 2.50 bits per heavy atom. The van der Waals surface area contributed by atoms with Crippen molar-refractivity contribution in [2.24, 2.45) is 0 Å². The van der Waals surface area contributed by atoms with Crippen LogP contribution >= 0.6 is 0 Å². The number of ether oxygens (including phenoxy) is 5. The number of rotatable bonds is 8. The van der Waals surface area contributed by atoms with Gasteiger partial charge in [0.05, 0.1) is 26.4 Å². The van der Waals surface area contributed by atoms with Crippen LogP contribution in [0.15, 0.2) is 72.5 Å². The molecule has 7 nitrogen and oxygen atoms in total. The number of esters is 1. The van der Waals surface area contributed by atoms with Crippen LogP contribution in [0.25, 0.3) is 6.08 Å². The maximum atomic E-state index is 12.9. The van der Waals surface area contributed by atoms with E-state index in [1.165, 1.54) is 7.11 Å². The summed E-state index contributed by atoms with van der Waals surface area (Å²) in [5.74, 6) is 1.12. The van der Waals surface area contributed by atoms with Crippen molar-refractivity contribution in [3.8, 4) is 23.0 Å². The highest BCUT2D eigenvalue weighted by molar-refractivity contribution is 6.14. The van der Waals surface area contributed by atoms with E-state index in [9.17, 15) is 9.59 Å². The summed E-state index contributed by atoms with van der Waals surface area (Å²) >= 11 is 0. The van der Waals surface area contributed by atoms with Gasteiger partial charge in [-0.25, -0.2) is 4.79 Å². The summed E-state index contributed by atoms with van der Waals surface area (Å²) in [6.45, 7) is 1.97. The van der Waals surface area contributed by atoms with E-state index in [1.54, 1.807) is 68.6 Å². The van der Waals surface area contributed by atoms with E-state index in [2.05, 4.69) is 0 Å². The molecule has 1 atom stereocenters. The molecule has 0 aliphatic carbocycles. The van der Waals surface area contributed by atoms with Crippen LogP contribution in [0.3, 0.4) is 0 Å². The Labute approximate surface area is 197 Å². The lowest BCUT2D eigenvalue weighted by Crippen LogP contribution is -2.21. The number of allylic oxidation sites excluding steroid dienone is 1. The molecule has 0 radical (unpaired) electrons. The fourth-order valence-electron chi connectivity index (χ4n) is 3.64. The molecule has 0 amide bonds. The summed E-state index contributed by atoms with van der Waals surface area (Å²) in [7, 11) is 3.07. The molecule has 1 aliphatic heterocycles. The van der Waals surface area contributed by atoms with Crippen molar-refractivity contribution >= 4 is 17.8 Å². The van der Waals surface area contributed by atoms with Crippen molar-refractivity contribution in [2.75, 3.05) is 20.8 Å². The SMILES string of the molecule is CCOC(=O)C(Oc1ccc2c(c1)O/C(=C\c1cccc(OC)c1OC)C2=O)c1ccccc1. The van der Waals surface area contributed by atoms with Gasteiger partial charge in [-0.05, 0) is 31.2 Å². The van der Waals surface area contributed by atoms with Crippen molar-refractivity contribution in [3.05, 3.63) is 89.2 Å². The first-order valence-corrected chi connectivity index (χ1v) is 10.7. The van der Waals surface area contributed by atoms with E-state index >= 15 is 0 Å². The van der Waals surface area contributed by atoms with Gasteiger partial charge in [0.2, 0.25) is 11.9 Å². The molecule has 0 saturated carbocycles. The minimum atomic E-state index is -0.952. The molecule has 0 aromatic heterocycles. The molecule has 0 bridgehead atoms. The number of fused-ring (bicyclic) bond motifs is 1. The number of carbonyl (C=O) groups excluding carboxylic acids is 2. The van der Waals surface area contributed by atoms with Crippen molar-refractivity contribution in [1.82, 2.24) is 0 Å². The quantitative estimate of drug-likeness (QED) is 0.346. The van der Waals surface area contributed by atoms with Crippen LogP contribution in [0.2, 0.25) is 0 Å². The Morgan fingerprint density at radius 1 is 1.00 bits per heavy atom. The molecule has 0 N–H and O–H groups in total. The molecular weight excluding hydrogens is 436 g/mol. The summed E-state index contributed by atoms with van der Waals surface area (Å²) in [6.07, 6.45) is 0.655. The largest absolute Gasteiger partial charge is 0.493 e. The number of hydrogen-bond acceptors (Lipinski definition) is 7. The third kappa shape index (κ3) is 4.59. The average molecular weight is 460 g/mol. The standard InChI is InChI=1S/C27H24O7/c1-4-32-27(29)26(17-9-6-5-7-10-17)33-19-13-14-20-22(16-19)34-23(24(20)28)15-18-11-8-12-21(30-2)25(18)31-3/h5-16,26H,4H2,1-3H3/b23-15-. The smallest absolute Gasteiger partial charge is 0.352 e. The molecule has 174 valence electrons. The first-order valence-electron chi connectivity index (χ1n) is 10.7. The van der Waals surface area contributed by atoms with E-state index in [1.807, 2.05) is 18.2 Å². The van der Waals surface area contributed by atoms with Crippen LogP contribution in [-0.4, -0.2) is 32.6 Å². The number of benzene rings is 3. The summed E-state index contributed by atoms with van der Waals surface area (Å²) in [5.41, 5.74) is 1.69. The first-order chi connectivity index (χ1) is 16.5. The third-order valence-electron chi connectivity index (χ3n) is 5.22. The molecule has 4 rings (SSSR count). The number of ketones is 1. The highest BCUT2D eigenvalue weighted by Crippen LogP contribution is 2.38. The van der Waals surface area contributed by atoms with Gasteiger partial charge in [-0.3, -0.25) is 4.79 Å². The Hall–Kier alpha value is -4.26. The molecule has 1 heterocycles. The van der Waals surface area contributed by atoms with Gasteiger partial charge >= 0.3 is 5.97 Å². The van der Waals surface area contributed by atoms with Crippen LogP contribution in [0.5, 0.6) is 23.0 Å². The molecule has 1 aliphatic rings. The van der Waals surface area contributed by atoms with Gasteiger partial charge in [-0.1, -0.05) is 42.5 Å². The van der Waals surface area contributed by atoms with Gasteiger partial charge in [0.25, 0.3) is 0 Å². The van der Waals surface area contributed by atoms with Gasteiger partial charge in [0, 0.05) is 17.2 Å². The zero-order chi connectivity index (χ0) is 24.1. The predicted octanol–water partition coefficient (Wildman–Crippen LogP) is 5.00. The van der Waals surface area contributed by atoms with E-state index in [0.717, 1.165) is 0 Å². The van der Waals surface area contributed by atoms with E-state index in [-0.39, 0.29) is 18.1 Å². The Bertz CT molecular complexity index is 1230. The fraction of sp³-hybridized carbons (Fsp3) is 0.185. The molecular formula is C27H24O7. The number of Topliss-reactive ketones (excluding diaryl/α,β-unsaturated/α-hetero) is 1. The second-order valence-electron chi connectivity index (χ2n) is 7.34. The topological polar surface area (TPSA) is 80.3 Å². The molecule has 7 heteroatoms. The number of carbonyl (C=O) groups is 2. The van der Waals surface area contributed by atoms with Crippen LogP contribution in [0, 0.1) is 0 Å². The lowest BCUT2D eigenvalue weighted by Gasteiger charge is -2.18. The second-order valence-corrected chi connectivity index (χ2v) is 7.34. The highest BCUT2D eigenvalue weighted by atomic mass is 16.6. The zero-order valence-corrected chi connectivity index (χ0v) is 19.1. The fourth-order valence-corrected chi connectivity index (χ4v) is 3.64. The minimum absolute atomic E-state index is 0.142. The van der Waals surface area contributed by atoms with Crippen LogP contribution in [0.1, 0.15) is 34.5 Å². The van der Waals surface area contributed by atoms with E-state index in [0.29, 0.717) is 39.7 Å². The van der Waals surface area contributed by atoms with Crippen LogP contribution in [0.4, 0.5) is 0 Å². The lowest BCUT2D eigenvalue weighted by molar-refractivity contribution is -0.151. The van der Waals surface area contributed by atoms with Crippen molar-refractivity contribution in [2.45, 2.75) is 13.0 Å². The zero-order valence-electron chi connectivity index (χ0n) is 19.1. The first kappa shape index (κ1) is 22.9. The van der Waals surface area contributed by atoms with Crippen molar-refractivity contribution in [1.29, 1.82) is 0 Å². The minimum Gasteiger partial charge on any atom is -0.493 e. The van der Waals surface area contributed by atoms with Crippen LogP contribution in [-0.2, 0) is 9.53 Å². The van der Waals surface area contributed by atoms with E-state index < -0.39 is 12.1 Å². The molecule has 34 heavy (non-hydrogen) atoms. The molecule has 3 aromatic carbocycles. The lowest BCUT2D eigenvalue weighted by atomic mass is 10.1. The van der Waals surface area contributed by atoms with Crippen molar-refractivity contribution < 1.29 is 33.3 Å². The number of methoxy groups -OCH3 is 2. The molecule has 3 aromatic rings. The number of hydrogen-bond donors (Lipinski definition) is 0. The molecule has 0 fully saturated rings. The Morgan fingerprint density at radius 2 is 1.79 bits per heavy atom. The van der Waals surface area contributed by atoms with E-state index in [4.69, 9.17) is 23.7 Å². The maximum Gasteiger partial charge on any atom is 0.352 e. The highest BCUT2D eigenvalue weighted by Gasteiger charge is 2.30. The average Bonchev–Trinajstić information content (AvgIpc) is 3.17. The van der Waals surface area contributed by atoms with Gasteiger partial charge in [-0.15, -0.1) is 0 Å². The molecule has 1 unspecified atom stereocenters. The summed E-state index contributed by atoms with van der Waals surface area (Å²) in [5, 5.41) is 0. The summed E-state index contributed by atoms with van der Waals surface area (Å²) in [4.78, 5) is 25.5. The molecule has 0 spiro atoms. The summed E-state index contributed by atoms with van der Waals surface area (Å²) in [6, 6.07) is 19.3. The van der Waals surface area contributed by atoms with Gasteiger partial charge in [0.15, 0.2) is 17.3 Å². The molecule has 0 saturated heterocycles. The predicted molar refractivity (Wildman–Crippen MR) is 125 cm³/mol. The maximum absolute atomic E-state index is 12.9. The van der Waals surface area contributed by atoms with Crippen molar-refractivity contribution in [3.63, 3.8) is 0 Å². The third-order valence-corrected chi connectivity index (χ3v) is 5.22. The number of para-hydroxylation sites is 1. The monoisotopic (exact) mass is 460 g/mol. The normalized spacial score (nSPS) is 14.2. The van der Waals surface area contributed by atoms with Crippen LogP contribution < -0.4 is 18.9 Å².